The van der Waals surface area contributed by atoms with E-state index in [-0.39, 0.29) is 17.1 Å². The predicted octanol–water partition coefficient (Wildman–Crippen LogP) is 5.63. The summed E-state index contributed by atoms with van der Waals surface area (Å²) in [5.74, 6) is 0.546. The molecule has 2 heterocycles. The second-order valence-electron chi connectivity index (χ2n) is 9.22. The second-order valence-corrected chi connectivity index (χ2v) is 10.1. The van der Waals surface area contributed by atoms with Crippen LogP contribution in [0.4, 0.5) is 0 Å². The van der Waals surface area contributed by atoms with Gasteiger partial charge in [-0.3, -0.25) is 9.59 Å². The van der Waals surface area contributed by atoms with E-state index < -0.39 is 6.04 Å². The molecule has 1 amide bonds. The first kappa shape index (κ1) is 24.3. The van der Waals surface area contributed by atoms with Crippen LogP contribution in [-0.2, 0) is 6.61 Å². The second kappa shape index (κ2) is 10.3. The van der Waals surface area contributed by atoms with Gasteiger partial charge in [0.25, 0.3) is 5.91 Å². The van der Waals surface area contributed by atoms with Crippen LogP contribution < -0.4 is 10.2 Å². The van der Waals surface area contributed by atoms with Crippen LogP contribution in [0.25, 0.3) is 11.0 Å². The summed E-state index contributed by atoms with van der Waals surface area (Å²) >= 11 is 3.45. The number of carbonyl (C=O) groups is 1. The molecule has 36 heavy (non-hydrogen) atoms. The molecule has 3 aromatic carbocycles. The minimum Gasteiger partial charge on any atom is -0.489 e. The average molecular weight is 547 g/mol. The van der Waals surface area contributed by atoms with Crippen molar-refractivity contribution in [2.75, 3.05) is 27.2 Å². The summed E-state index contributed by atoms with van der Waals surface area (Å²) in [4.78, 5) is 31.1. The fourth-order valence-electron chi connectivity index (χ4n) is 4.64. The molecule has 0 N–H and O–H groups in total. The predicted molar refractivity (Wildman–Crippen MR) is 143 cm³/mol. The van der Waals surface area contributed by atoms with E-state index in [9.17, 15) is 9.59 Å². The SMILES string of the molecule is CN(C)CCCN1C(=O)c2oc3ccc(Br)cc3c(=O)c2C1c1cccc(OCc2ccccc2)c1. The molecule has 1 aliphatic heterocycles. The number of amides is 1. The van der Waals surface area contributed by atoms with E-state index in [1.807, 2.05) is 68.7 Å². The summed E-state index contributed by atoms with van der Waals surface area (Å²) in [5.41, 5.74) is 2.49. The molecular weight excluding hydrogens is 520 g/mol. The van der Waals surface area contributed by atoms with Crippen LogP contribution in [0.2, 0.25) is 0 Å². The van der Waals surface area contributed by atoms with Crippen molar-refractivity contribution < 1.29 is 13.9 Å². The number of nitrogens with zero attached hydrogens (tertiary/aromatic N) is 2. The van der Waals surface area contributed by atoms with Gasteiger partial charge >= 0.3 is 0 Å². The summed E-state index contributed by atoms with van der Waals surface area (Å²) in [6, 6.07) is 22.3. The molecule has 1 aliphatic rings. The van der Waals surface area contributed by atoms with E-state index in [4.69, 9.17) is 9.15 Å². The van der Waals surface area contributed by atoms with Crippen LogP contribution in [0.1, 0.15) is 39.7 Å². The Morgan fingerprint density at radius 3 is 2.58 bits per heavy atom. The Morgan fingerprint density at radius 2 is 1.81 bits per heavy atom. The Bertz CT molecular complexity index is 1470. The van der Waals surface area contributed by atoms with Crippen molar-refractivity contribution in [3.05, 3.63) is 110 Å². The molecule has 5 rings (SSSR count). The number of rotatable bonds is 8. The van der Waals surface area contributed by atoms with E-state index in [1.54, 1.807) is 23.1 Å². The lowest BCUT2D eigenvalue weighted by molar-refractivity contribution is 0.0722. The van der Waals surface area contributed by atoms with Gasteiger partial charge in [-0.05, 0) is 68.5 Å². The van der Waals surface area contributed by atoms with Gasteiger partial charge in [0.15, 0.2) is 5.43 Å². The highest BCUT2D eigenvalue weighted by atomic mass is 79.9. The molecule has 0 radical (unpaired) electrons. The van der Waals surface area contributed by atoms with Crippen LogP contribution in [0.5, 0.6) is 5.75 Å². The standard InChI is InChI=1S/C29H27BrN2O4/c1-31(2)14-7-15-32-26(20-10-6-11-22(16-20)35-18-19-8-4-3-5-9-19)25-27(33)23-17-21(30)12-13-24(23)36-28(25)29(32)34/h3-6,8-13,16-17,26H,7,14-15,18H2,1-2H3. The fraction of sp³-hybridized carbons (Fsp3) is 0.241. The third-order valence-electron chi connectivity index (χ3n) is 6.35. The lowest BCUT2D eigenvalue weighted by atomic mass is 9.98. The summed E-state index contributed by atoms with van der Waals surface area (Å²) in [7, 11) is 4.00. The van der Waals surface area contributed by atoms with Gasteiger partial charge in [-0.25, -0.2) is 0 Å². The Hall–Kier alpha value is -3.42. The van der Waals surface area contributed by atoms with Crippen LogP contribution >= 0.6 is 15.9 Å². The normalized spacial score (nSPS) is 15.1. The van der Waals surface area contributed by atoms with E-state index in [2.05, 4.69) is 20.8 Å². The minimum absolute atomic E-state index is 0.125. The third kappa shape index (κ3) is 4.81. The van der Waals surface area contributed by atoms with Crippen molar-refractivity contribution >= 4 is 32.8 Å². The first-order valence-electron chi connectivity index (χ1n) is 11.9. The summed E-state index contributed by atoms with van der Waals surface area (Å²) in [6.07, 6.45) is 0.771. The number of ether oxygens (including phenoxy) is 1. The van der Waals surface area contributed by atoms with Gasteiger partial charge in [-0.1, -0.05) is 58.4 Å². The van der Waals surface area contributed by atoms with Crippen molar-refractivity contribution in [2.45, 2.75) is 19.1 Å². The number of hydrogen-bond donors (Lipinski definition) is 0. The minimum atomic E-state index is -0.547. The number of fused-ring (bicyclic) bond motifs is 2. The van der Waals surface area contributed by atoms with Gasteiger partial charge in [0, 0.05) is 11.0 Å². The zero-order valence-corrected chi connectivity index (χ0v) is 21.8. The number of halogens is 1. The lowest BCUT2D eigenvalue weighted by Gasteiger charge is -2.26. The topological polar surface area (TPSA) is 63.0 Å². The fourth-order valence-corrected chi connectivity index (χ4v) is 5.00. The van der Waals surface area contributed by atoms with E-state index in [0.717, 1.165) is 28.6 Å². The number of hydrogen-bond acceptors (Lipinski definition) is 5. The van der Waals surface area contributed by atoms with Crippen LogP contribution in [0.3, 0.4) is 0 Å². The molecule has 184 valence electrons. The molecule has 1 atom stereocenters. The molecule has 6 nitrogen and oxygen atoms in total. The van der Waals surface area contributed by atoms with Crippen molar-refractivity contribution in [3.63, 3.8) is 0 Å². The third-order valence-corrected chi connectivity index (χ3v) is 6.85. The highest BCUT2D eigenvalue weighted by Gasteiger charge is 2.42. The van der Waals surface area contributed by atoms with Gasteiger partial charge in [0.05, 0.1) is 17.0 Å². The van der Waals surface area contributed by atoms with Crippen molar-refractivity contribution in [3.8, 4) is 5.75 Å². The Kier molecular flexibility index (Phi) is 6.94. The molecular formula is C29H27BrN2O4. The molecule has 0 aliphatic carbocycles. The zero-order chi connectivity index (χ0) is 25.2. The number of carbonyl (C=O) groups excluding carboxylic acids is 1. The maximum absolute atomic E-state index is 13.7. The molecule has 0 fully saturated rings. The van der Waals surface area contributed by atoms with Crippen LogP contribution in [0, 0.1) is 0 Å². The highest BCUT2D eigenvalue weighted by Crippen LogP contribution is 2.39. The molecule has 1 unspecified atom stereocenters. The van der Waals surface area contributed by atoms with Gasteiger partial charge < -0.3 is 19.0 Å². The van der Waals surface area contributed by atoms with Gasteiger partial charge in [-0.15, -0.1) is 0 Å². The Labute approximate surface area is 218 Å². The van der Waals surface area contributed by atoms with E-state index >= 15 is 0 Å². The number of benzene rings is 3. The largest absolute Gasteiger partial charge is 0.489 e. The molecule has 0 bridgehead atoms. The van der Waals surface area contributed by atoms with Gasteiger partial charge in [-0.2, -0.15) is 0 Å². The summed E-state index contributed by atoms with van der Waals surface area (Å²) < 4.78 is 12.9. The van der Waals surface area contributed by atoms with Gasteiger partial charge in [0.1, 0.15) is 17.9 Å². The van der Waals surface area contributed by atoms with E-state index in [0.29, 0.717) is 35.4 Å². The maximum Gasteiger partial charge on any atom is 0.290 e. The maximum atomic E-state index is 13.7. The molecule has 1 aromatic heterocycles. The highest BCUT2D eigenvalue weighted by molar-refractivity contribution is 9.10. The Balaban J connectivity index is 1.56. The quantitative estimate of drug-likeness (QED) is 0.286. The van der Waals surface area contributed by atoms with Crippen molar-refractivity contribution in [1.29, 1.82) is 0 Å². The van der Waals surface area contributed by atoms with Crippen molar-refractivity contribution in [2.24, 2.45) is 0 Å². The Morgan fingerprint density at radius 1 is 1.00 bits per heavy atom. The average Bonchev–Trinajstić information content (AvgIpc) is 3.15. The molecule has 0 saturated heterocycles. The van der Waals surface area contributed by atoms with Crippen LogP contribution in [0.15, 0.2) is 86.5 Å². The smallest absolute Gasteiger partial charge is 0.290 e. The van der Waals surface area contributed by atoms with Gasteiger partial charge in [0.2, 0.25) is 5.76 Å². The first-order chi connectivity index (χ1) is 17.4. The molecule has 0 spiro atoms. The van der Waals surface area contributed by atoms with E-state index in [1.165, 1.54) is 0 Å². The van der Waals surface area contributed by atoms with Crippen LogP contribution in [-0.4, -0.2) is 42.9 Å². The monoisotopic (exact) mass is 546 g/mol. The lowest BCUT2D eigenvalue weighted by Crippen LogP contribution is -2.32. The summed E-state index contributed by atoms with van der Waals surface area (Å²) in [6.45, 7) is 1.75. The first-order valence-corrected chi connectivity index (χ1v) is 12.7. The zero-order valence-electron chi connectivity index (χ0n) is 20.2. The molecule has 0 saturated carbocycles. The van der Waals surface area contributed by atoms with Crippen molar-refractivity contribution in [1.82, 2.24) is 9.80 Å². The molecule has 4 aromatic rings. The summed E-state index contributed by atoms with van der Waals surface area (Å²) in [5, 5.41) is 0.451. The molecule has 7 heteroatoms.